The lowest BCUT2D eigenvalue weighted by molar-refractivity contribution is 0.0572. The Kier molecular flexibility index (Phi) is 6.65. The second kappa shape index (κ2) is 9.62. The standard InChI is InChI=1S/C25H30N4O4/c1-6-29-23(28-21-17-11-9-8-10-16(17)14-19(21)33-7-2)15(3)26-22(25(29)30)18-12-13-20(31-4)27-24(18)32-5/h8-13,19,21,28H,6-7,14H2,1-5H3/t19-,21?/m0/s1. The minimum Gasteiger partial charge on any atom is -0.481 e. The average Bonchev–Trinajstić information content (AvgIpc) is 3.18. The summed E-state index contributed by atoms with van der Waals surface area (Å²) >= 11 is 0. The first-order valence-corrected chi connectivity index (χ1v) is 11.2. The monoisotopic (exact) mass is 450 g/mol. The van der Waals surface area contributed by atoms with Crippen LogP contribution in [-0.4, -0.2) is 41.5 Å². The fraction of sp³-hybridized carbons (Fsp3) is 0.400. The highest BCUT2D eigenvalue weighted by molar-refractivity contribution is 5.66. The highest BCUT2D eigenvalue weighted by Gasteiger charge is 2.34. The van der Waals surface area contributed by atoms with Gasteiger partial charge in [0.15, 0.2) is 0 Å². The second-order valence-electron chi connectivity index (χ2n) is 7.87. The lowest BCUT2D eigenvalue weighted by Gasteiger charge is -2.26. The Morgan fingerprint density at radius 3 is 2.58 bits per heavy atom. The van der Waals surface area contributed by atoms with E-state index in [0.29, 0.717) is 47.7 Å². The Hall–Kier alpha value is -3.39. The molecule has 2 heterocycles. The van der Waals surface area contributed by atoms with Crippen LogP contribution in [0.2, 0.25) is 0 Å². The number of anilines is 1. The Bertz CT molecular complexity index is 1210. The van der Waals surface area contributed by atoms with Gasteiger partial charge in [0, 0.05) is 25.6 Å². The van der Waals surface area contributed by atoms with Crippen LogP contribution in [0.25, 0.3) is 11.3 Å². The van der Waals surface area contributed by atoms with Crippen molar-refractivity contribution in [3.63, 3.8) is 0 Å². The van der Waals surface area contributed by atoms with E-state index in [1.54, 1.807) is 16.7 Å². The predicted octanol–water partition coefficient (Wildman–Crippen LogP) is 3.77. The molecular formula is C25H30N4O4. The summed E-state index contributed by atoms with van der Waals surface area (Å²) in [5.74, 6) is 1.39. The summed E-state index contributed by atoms with van der Waals surface area (Å²) in [5, 5.41) is 3.59. The van der Waals surface area contributed by atoms with Gasteiger partial charge in [-0.15, -0.1) is 0 Å². The van der Waals surface area contributed by atoms with Gasteiger partial charge in [0.1, 0.15) is 11.5 Å². The molecule has 2 aromatic heterocycles. The van der Waals surface area contributed by atoms with Gasteiger partial charge in [0.25, 0.3) is 5.56 Å². The summed E-state index contributed by atoms with van der Waals surface area (Å²) in [6.07, 6.45) is 0.815. The molecule has 0 saturated carbocycles. The molecule has 174 valence electrons. The van der Waals surface area contributed by atoms with Crippen molar-refractivity contribution in [2.24, 2.45) is 0 Å². The van der Waals surface area contributed by atoms with E-state index in [4.69, 9.17) is 14.2 Å². The van der Waals surface area contributed by atoms with Crippen LogP contribution in [0.4, 0.5) is 5.82 Å². The maximum Gasteiger partial charge on any atom is 0.278 e. The van der Waals surface area contributed by atoms with E-state index in [2.05, 4.69) is 27.4 Å². The maximum atomic E-state index is 13.5. The molecular weight excluding hydrogens is 420 g/mol. The van der Waals surface area contributed by atoms with Crippen LogP contribution < -0.4 is 20.3 Å². The van der Waals surface area contributed by atoms with Crippen LogP contribution >= 0.6 is 0 Å². The van der Waals surface area contributed by atoms with E-state index in [-0.39, 0.29) is 17.7 Å². The van der Waals surface area contributed by atoms with E-state index in [9.17, 15) is 4.79 Å². The van der Waals surface area contributed by atoms with Gasteiger partial charge in [-0.05, 0) is 38.0 Å². The largest absolute Gasteiger partial charge is 0.481 e. The number of methoxy groups -OCH3 is 2. The molecule has 0 aliphatic heterocycles. The molecule has 1 aliphatic rings. The third kappa shape index (κ3) is 4.18. The van der Waals surface area contributed by atoms with Crippen LogP contribution in [0.3, 0.4) is 0 Å². The average molecular weight is 451 g/mol. The maximum absolute atomic E-state index is 13.5. The molecule has 8 heteroatoms. The van der Waals surface area contributed by atoms with Crippen molar-refractivity contribution >= 4 is 5.82 Å². The number of aromatic nitrogens is 3. The zero-order valence-corrected chi connectivity index (χ0v) is 19.7. The molecule has 0 fully saturated rings. The van der Waals surface area contributed by atoms with Crippen LogP contribution in [0, 0.1) is 6.92 Å². The lowest BCUT2D eigenvalue weighted by Crippen LogP contribution is -2.31. The van der Waals surface area contributed by atoms with Crippen molar-refractivity contribution in [3.8, 4) is 23.0 Å². The molecule has 2 atom stereocenters. The number of ether oxygens (including phenoxy) is 3. The third-order valence-corrected chi connectivity index (χ3v) is 6.00. The Morgan fingerprint density at radius 1 is 1.09 bits per heavy atom. The molecule has 1 aromatic carbocycles. The summed E-state index contributed by atoms with van der Waals surface area (Å²) in [5.41, 5.74) is 3.77. The van der Waals surface area contributed by atoms with Crippen molar-refractivity contribution in [1.29, 1.82) is 0 Å². The van der Waals surface area contributed by atoms with Crippen LogP contribution in [0.5, 0.6) is 11.8 Å². The fourth-order valence-electron chi connectivity index (χ4n) is 4.47. The highest BCUT2D eigenvalue weighted by Crippen LogP contribution is 2.37. The second-order valence-corrected chi connectivity index (χ2v) is 7.87. The van der Waals surface area contributed by atoms with Gasteiger partial charge in [0.2, 0.25) is 11.8 Å². The summed E-state index contributed by atoms with van der Waals surface area (Å²) in [4.78, 5) is 22.5. The zero-order valence-electron chi connectivity index (χ0n) is 19.7. The van der Waals surface area contributed by atoms with Gasteiger partial charge in [-0.25, -0.2) is 4.98 Å². The molecule has 0 radical (unpaired) electrons. The fourth-order valence-corrected chi connectivity index (χ4v) is 4.47. The quantitative estimate of drug-likeness (QED) is 0.559. The first-order valence-electron chi connectivity index (χ1n) is 11.2. The highest BCUT2D eigenvalue weighted by atomic mass is 16.5. The van der Waals surface area contributed by atoms with E-state index < -0.39 is 0 Å². The first-order chi connectivity index (χ1) is 16.0. The van der Waals surface area contributed by atoms with Crippen molar-refractivity contribution in [1.82, 2.24) is 14.5 Å². The number of benzene rings is 1. The first kappa shape index (κ1) is 22.8. The summed E-state index contributed by atoms with van der Waals surface area (Å²) < 4.78 is 18.4. The van der Waals surface area contributed by atoms with Crippen LogP contribution in [-0.2, 0) is 17.7 Å². The Morgan fingerprint density at radius 2 is 1.88 bits per heavy atom. The van der Waals surface area contributed by atoms with Gasteiger partial charge in [-0.3, -0.25) is 9.36 Å². The topological polar surface area (TPSA) is 87.5 Å². The number of rotatable bonds is 8. The van der Waals surface area contributed by atoms with Gasteiger partial charge in [-0.2, -0.15) is 4.98 Å². The van der Waals surface area contributed by atoms with Crippen molar-refractivity contribution < 1.29 is 14.2 Å². The van der Waals surface area contributed by atoms with E-state index >= 15 is 0 Å². The van der Waals surface area contributed by atoms with E-state index in [0.717, 1.165) is 6.42 Å². The number of pyridine rings is 1. The molecule has 4 rings (SSSR count). The Balaban J connectivity index is 1.79. The van der Waals surface area contributed by atoms with Crippen molar-refractivity contribution in [3.05, 3.63) is 63.6 Å². The molecule has 0 bridgehead atoms. The van der Waals surface area contributed by atoms with Gasteiger partial charge in [0.05, 0.1) is 37.6 Å². The Labute approximate surface area is 193 Å². The summed E-state index contributed by atoms with van der Waals surface area (Å²) in [6.45, 7) is 6.95. The molecule has 0 saturated heterocycles. The van der Waals surface area contributed by atoms with Gasteiger partial charge >= 0.3 is 0 Å². The van der Waals surface area contributed by atoms with Crippen LogP contribution in [0.1, 0.15) is 36.7 Å². The lowest BCUT2D eigenvalue weighted by atomic mass is 10.1. The smallest absolute Gasteiger partial charge is 0.278 e. The molecule has 33 heavy (non-hydrogen) atoms. The zero-order chi connectivity index (χ0) is 23.5. The third-order valence-electron chi connectivity index (χ3n) is 6.00. The molecule has 0 amide bonds. The molecule has 1 N–H and O–H groups in total. The van der Waals surface area contributed by atoms with Crippen LogP contribution in [0.15, 0.2) is 41.2 Å². The number of hydrogen-bond acceptors (Lipinski definition) is 7. The molecule has 1 unspecified atom stereocenters. The summed E-state index contributed by atoms with van der Waals surface area (Å²) in [7, 11) is 3.04. The predicted molar refractivity (Wildman–Crippen MR) is 127 cm³/mol. The molecule has 0 spiro atoms. The number of nitrogens with one attached hydrogen (secondary N) is 1. The molecule has 8 nitrogen and oxygen atoms in total. The van der Waals surface area contributed by atoms with E-state index in [1.807, 2.05) is 32.9 Å². The van der Waals surface area contributed by atoms with Crippen molar-refractivity contribution in [2.45, 2.75) is 45.9 Å². The normalized spacial score (nSPS) is 17.0. The number of nitrogens with zero attached hydrogens (tertiary/aromatic N) is 3. The number of hydrogen-bond donors (Lipinski definition) is 1. The number of fused-ring (bicyclic) bond motifs is 1. The minimum absolute atomic E-state index is 0.0160. The minimum atomic E-state index is -0.213. The summed E-state index contributed by atoms with van der Waals surface area (Å²) in [6, 6.07) is 11.7. The van der Waals surface area contributed by atoms with Crippen molar-refractivity contribution in [2.75, 3.05) is 26.1 Å². The van der Waals surface area contributed by atoms with E-state index in [1.165, 1.54) is 25.3 Å². The van der Waals surface area contributed by atoms with Gasteiger partial charge in [-0.1, -0.05) is 24.3 Å². The molecule has 3 aromatic rings. The van der Waals surface area contributed by atoms with Gasteiger partial charge < -0.3 is 19.5 Å². The molecule has 1 aliphatic carbocycles. The number of aryl methyl sites for hydroxylation is 1. The SMILES string of the molecule is CCO[C@H]1Cc2ccccc2C1Nc1c(C)nc(-c2ccc(OC)nc2OC)c(=O)n1CC.